The summed E-state index contributed by atoms with van der Waals surface area (Å²) in [7, 11) is 0. The minimum absolute atomic E-state index is 0.585. The number of nitrogens with one attached hydrogen (secondary N) is 2. The van der Waals surface area contributed by atoms with Crippen LogP contribution < -0.4 is 15.4 Å². The van der Waals surface area contributed by atoms with E-state index in [1.165, 1.54) is 12.0 Å². The van der Waals surface area contributed by atoms with Crippen molar-refractivity contribution < 1.29 is 4.74 Å². The van der Waals surface area contributed by atoms with Gasteiger partial charge in [0.2, 0.25) is 0 Å². The fourth-order valence-corrected chi connectivity index (χ4v) is 2.14. The zero-order valence-corrected chi connectivity index (χ0v) is 13.4. The van der Waals surface area contributed by atoms with E-state index in [1.54, 1.807) is 0 Å². The van der Waals surface area contributed by atoms with Gasteiger partial charge in [-0.15, -0.1) is 0 Å². The molecule has 116 valence electrons. The maximum Gasteiger partial charge on any atom is 0.191 e. The molecule has 0 spiro atoms. The lowest BCUT2D eigenvalue weighted by Gasteiger charge is -2.11. The number of aliphatic imine (C=N–C) groups is 1. The van der Waals surface area contributed by atoms with Crippen molar-refractivity contribution in [2.24, 2.45) is 10.9 Å². The van der Waals surface area contributed by atoms with Crippen LogP contribution >= 0.6 is 0 Å². The van der Waals surface area contributed by atoms with Crippen LogP contribution in [-0.2, 0) is 6.54 Å². The molecule has 2 atom stereocenters. The molecule has 1 aromatic rings. The molecule has 0 bridgehead atoms. The Hall–Kier alpha value is -1.71. The van der Waals surface area contributed by atoms with Crippen LogP contribution in [0.3, 0.4) is 0 Å². The zero-order valence-electron chi connectivity index (χ0n) is 13.4. The van der Waals surface area contributed by atoms with Gasteiger partial charge in [0.25, 0.3) is 0 Å². The first-order chi connectivity index (χ1) is 10.2. The average molecular weight is 289 g/mol. The summed E-state index contributed by atoms with van der Waals surface area (Å²) < 4.78 is 5.66. The number of nitrogens with zero attached hydrogens (tertiary/aromatic N) is 1. The van der Waals surface area contributed by atoms with Crippen molar-refractivity contribution in [2.75, 3.05) is 13.2 Å². The summed E-state index contributed by atoms with van der Waals surface area (Å²) >= 11 is 0. The highest BCUT2D eigenvalue weighted by molar-refractivity contribution is 5.80. The fourth-order valence-electron chi connectivity index (χ4n) is 2.14. The monoisotopic (exact) mass is 289 g/mol. The molecule has 1 saturated carbocycles. The Bertz CT molecular complexity index is 473. The summed E-state index contributed by atoms with van der Waals surface area (Å²) in [4.78, 5) is 4.66. The Morgan fingerprint density at radius 3 is 2.86 bits per heavy atom. The summed E-state index contributed by atoms with van der Waals surface area (Å²) in [5.41, 5.74) is 1.17. The van der Waals surface area contributed by atoms with Gasteiger partial charge < -0.3 is 15.4 Å². The molecule has 1 aliphatic carbocycles. The van der Waals surface area contributed by atoms with Gasteiger partial charge in [0.05, 0.1) is 13.2 Å². The lowest BCUT2D eigenvalue weighted by atomic mass is 10.2. The molecule has 4 nitrogen and oxygen atoms in total. The van der Waals surface area contributed by atoms with Gasteiger partial charge in [-0.3, -0.25) is 0 Å². The smallest absolute Gasteiger partial charge is 0.191 e. The topological polar surface area (TPSA) is 45.6 Å². The zero-order chi connectivity index (χ0) is 15.1. The SMILES string of the molecule is CCCOc1cccc(CN=C(NCC)NC2CC2C)c1. The molecule has 21 heavy (non-hydrogen) atoms. The van der Waals surface area contributed by atoms with E-state index in [2.05, 4.69) is 48.5 Å². The van der Waals surface area contributed by atoms with Crippen LogP contribution in [0.2, 0.25) is 0 Å². The molecular weight excluding hydrogens is 262 g/mol. The van der Waals surface area contributed by atoms with E-state index in [-0.39, 0.29) is 0 Å². The number of benzene rings is 1. The first kappa shape index (κ1) is 15.7. The Labute approximate surface area is 128 Å². The van der Waals surface area contributed by atoms with E-state index >= 15 is 0 Å². The number of ether oxygens (including phenoxy) is 1. The van der Waals surface area contributed by atoms with Crippen LogP contribution in [0.25, 0.3) is 0 Å². The van der Waals surface area contributed by atoms with E-state index < -0.39 is 0 Å². The van der Waals surface area contributed by atoms with Gasteiger partial charge in [-0.2, -0.15) is 0 Å². The minimum atomic E-state index is 0.585. The van der Waals surface area contributed by atoms with Crippen molar-refractivity contribution in [1.82, 2.24) is 10.6 Å². The minimum Gasteiger partial charge on any atom is -0.494 e. The first-order valence-corrected chi connectivity index (χ1v) is 7.99. The predicted molar refractivity (Wildman–Crippen MR) is 87.7 cm³/mol. The van der Waals surface area contributed by atoms with Crippen molar-refractivity contribution in [3.8, 4) is 5.75 Å². The second-order valence-corrected chi connectivity index (χ2v) is 5.65. The highest BCUT2D eigenvalue weighted by Crippen LogP contribution is 2.28. The first-order valence-electron chi connectivity index (χ1n) is 7.99. The average Bonchev–Trinajstić information content (AvgIpc) is 3.18. The quantitative estimate of drug-likeness (QED) is 0.599. The largest absolute Gasteiger partial charge is 0.494 e. The third-order valence-corrected chi connectivity index (χ3v) is 3.57. The predicted octanol–water partition coefficient (Wildman–Crippen LogP) is 2.94. The lowest BCUT2D eigenvalue weighted by Crippen LogP contribution is -2.39. The van der Waals surface area contributed by atoms with Crippen LogP contribution in [0, 0.1) is 5.92 Å². The van der Waals surface area contributed by atoms with Gasteiger partial charge >= 0.3 is 0 Å². The van der Waals surface area contributed by atoms with Crippen LogP contribution in [0.5, 0.6) is 5.75 Å². The number of guanidine groups is 1. The molecule has 0 aliphatic heterocycles. The maximum absolute atomic E-state index is 5.66. The standard InChI is InChI=1S/C17H27N3O/c1-4-9-21-15-8-6-7-14(11-15)12-19-17(18-5-2)20-16-10-13(16)3/h6-8,11,13,16H,4-5,9-10,12H2,1-3H3,(H2,18,19,20). The molecule has 1 fully saturated rings. The second-order valence-electron chi connectivity index (χ2n) is 5.65. The highest BCUT2D eigenvalue weighted by Gasteiger charge is 2.33. The van der Waals surface area contributed by atoms with Crippen molar-refractivity contribution >= 4 is 5.96 Å². The van der Waals surface area contributed by atoms with Gasteiger partial charge in [-0.05, 0) is 43.4 Å². The molecule has 0 amide bonds. The summed E-state index contributed by atoms with van der Waals surface area (Å²) in [6.07, 6.45) is 2.27. The lowest BCUT2D eigenvalue weighted by molar-refractivity contribution is 0.317. The van der Waals surface area contributed by atoms with Gasteiger partial charge in [0.1, 0.15) is 5.75 Å². The molecule has 2 N–H and O–H groups in total. The molecule has 2 unspecified atom stereocenters. The summed E-state index contributed by atoms with van der Waals surface area (Å²) in [6.45, 7) is 8.77. The molecule has 1 aromatic carbocycles. The Kier molecular flexibility index (Phi) is 5.90. The van der Waals surface area contributed by atoms with Crippen LogP contribution in [0.15, 0.2) is 29.3 Å². The van der Waals surface area contributed by atoms with E-state index in [1.807, 2.05) is 12.1 Å². The van der Waals surface area contributed by atoms with Crippen molar-refractivity contribution in [3.63, 3.8) is 0 Å². The summed E-state index contributed by atoms with van der Waals surface area (Å²) in [5, 5.41) is 6.77. The van der Waals surface area contributed by atoms with Gasteiger partial charge in [0.15, 0.2) is 5.96 Å². The van der Waals surface area contributed by atoms with E-state index in [4.69, 9.17) is 4.74 Å². The van der Waals surface area contributed by atoms with E-state index in [0.29, 0.717) is 12.6 Å². The van der Waals surface area contributed by atoms with Gasteiger partial charge in [-0.1, -0.05) is 26.0 Å². The number of hydrogen-bond acceptors (Lipinski definition) is 2. The molecule has 0 radical (unpaired) electrons. The Morgan fingerprint density at radius 2 is 2.19 bits per heavy atom. The van der Waals surface area contributed by atoms with Gasteiger partial charge in [0, 0.05) is 12.6 Å². The molecular formula is C17H27N3O. The van der Waals surface area contributed by atoms with Crippen molar-refractivity contribution in [1.29, 1.82) is 0 Å². The number of rotatable bonds is 7. The second kappa shape index (κ2) is 7.91. The van der Waals surface area contributed by atoms with Crippen LogP contribution in [0.1, 0.15) is 39.2 Å². The van der Waals surface area contributed by atoms with Crippen LogP contribution in [-0.4, -0.2) is 25.2 Å². The molecule has 0 heterocycles. The van der Waals surface area contributed by atoms with E-state index in [0.717, 1.165) is 37.2 Å². The highest BCUT2D eigenvalue weighted by atomic mass is 16.5. The van der Waals surface area contributed by atoms with E-state index in [9.17, 15) is 0 Å². The van der Waals surface area contributed by atoms with Crippen LogP contribution in [0.4, 0.5) is 0 Å². The maximum atomic E-state index is 5.66. The number of hydrogen-bond donors (Lipinski definition) is 2. The molecule has 0 saturated heterocycles. The molecule has 1 aliphatic rings. The van der Waals surface area contributed by atoms with Crippen molar-refractivity contribution in [3.05, 3.63) is 29.8 Å². The summed E-state index contributed by atoms with van der Waals surface area (Å²) in [5.74, 6) is 2.60. The third-order valence-electron chi connectivity index (χ3n) is 3.57. The molecule has 4 heteroatoms. The summed E-state index contributed by atoms with van der Waals surface area (Å²) in [6, 6.07) is 8.77. The van der Waals surface area contributed by atoms with Crippen molar-refractivity contribution in [2.45, 2.75) is 46.2 Å². The molecule has 0 aromatic heterocycles. The Morgan fingerprint density at radius 1 is 1.38 bits per heavy atom. The normalized spacial score (nSPS) is 21.0. The fraction of sp³-hybridized carbons (Fsp3) is 0.588. The van der Waals surface area contributed by atoms with Gasteiger partial charge in [-0.25, -0.2) is 4.99 Å². The Balaban J connectivity index is 1.92. The molecule has 2 rings (SSSR count). The third kappa shape index (κ3) is 5.29.